The van der Waals surface area contributed by atoms with Gasteiger partial charge in [0.25, 0.3) is 0 Å². The maximum atomic E-state index is 10.3. The Bertz CT molecular complexity index is 468. The Labute approximate surface area is 142 Å². The molecule has 0 aliphatic rings. The predicted molar refractivity (Wildman–Crippen MR) is 100 cm³/mol. The third kappa shape index (κ3) is 19.9. The maximum Gasteiger partial charge on any atom is 0.303 e. The molecule has 0 saturated carbocycles. The molecule has 0 aromatic rings. The largest absolute Gasteiger partial charge is 0.481 e. The summed E-state index contributed by atoms with van der Waals surface area (Å²) in [6.45, 7) is 0.360. The number of carboxylic acid groups (broad SMARTS) is 1. The average molecular weight is 315 g/mol. The van der Waals surface area contributed by atoms with Crippen LogP contribution in [0.1, 0.15) is 53.2 Å². The summed E-state index contributed by atoms with van der Waals surface area (Å²) in [7, 11) is 0. The van der Waals surface area contributed by atoms with E-state index in [2.05, 4.69) is 48.6 Å². The van der Waals surface area contributed by atoms with Crippen LogP contribution < -0.4 is 0 Å². The van der Waals surface area contributed by atoms with E-state index < -0.39 is 5.97 Å². The van der Waals surface area contributed by atoms with E-state index in [0.717, 1.165) is 32.1 Å². The molecule has 1 N–H and O–H groups in total. The van der Waals surface area contributed by atoms with Crippen molar-refractivity contribution in [3.8, 4) is 0 Å². The molecule has 0 amide bonds. The van der Waals surface area contributed by atoms with Crippen LogP contribution in [0, 0.1) is 0 Å². The summed E-state index contributed by atoms with van der Waals surface area (Å²) >= 11 is 0. The molecule has 0 atom stereocenters. The van der Waals surface area contributed by atoms with Crippen LogP contribution in [0.4, 0.5) is 0 Å². The molecule has 0 aromatic carbocycles. The molecule has 0 bridgehead atoms. The number of aliphatic carboxylic acids is 1. The zero-order valence-corrected chi connectivity index (χ0v) is 13.9. The Morgan fingerprint density at radius 2 is 1.13 bits per heavy atom. The van der Waals surface area contributed by atoms with Gasteiger partial charge in [-0.3, -0.25) is 4.79 Å². The third-order valence-corrected chi connectivity index (χ3v) is 2.89. The van der Waals surface area contributed by atoms with E-state index in [1.54, 1.807) is 0 Å². The van der Waals surface area contributed by atoms with Crippen molar-refractivity contribution in [1.82, 2.24) is 0 Å². The van der Waals surface area contributed by atoms with Gasteiger partial charge >= 0.3 is 5.97 Å². The van der Waals surface area contributed by atoms with E-state index in [1.807, 2.05) is 24.3 Å². The molecule has 0 spiro atoms. The van der Waals surface area contributed by atoms with Gasteiger partial charge in [0.15, 0.2) is 0 Å². The normalized spacial score (nSPS) is 13.7. The summed E-state index contributed by atoms with van der Waals surface area (Å²) < 4.78 is 6.96. The standard InChI is InChI=1S/C21H30O2/c1-2-3-4-5-6-7-8-9-10-11-12-13-14-15-16-17-18-19-20-21(22)23/h2-3,5-6,8-9,11-12,14-15,17-18H,4,7,10,13,16,19-20H2,1H3,(H,22,23)/b3-2-,6-5-,9-8-,12-11-,15-14-,18-17-/i1D. The lowest BCUT2D eigenvalue weighted by atomic mass is 10.2. The van der Waals surface area contributed by atoms with Crippen molar-refractivity contribution in [1.29, 1.82) is 0 Å². The number of carboxylic acids is 1. The molecular weight excluding hydrogens is 284 g/mol. The molecule has 0 fully saturated rings. The fourth-order valence-electron chi connectivity index (χ4n) is 1.68. The Kier molecular flexibility index (Phi) is 14.8. The van der Waals surface area contributed by atoms with E-state index >= 15 is 0 Å². The number of carbonyl (C=O) groups is 1. The van der Waals surface area contributed by atoms with Crippen LogP contribution in [0.2, 0.25) is 0 Å². The summed E-state index contributed by atoms with van der Waals surface area (Å²) in [6, 6.07) is 0. The zero-order valence-electron chi connectivity index (χ0n) is 14.9. The first-order valence-electron chi connectivity index (χ1n) is 8.89. The highest BCUT2D eigenvalue weighted by molar-refractivity contribution is 5.66. The van der Waals surface area contributed by atoms with Gasteiger partial charge in [-0.25, -0.2) is 0 Å². The SMILES string of the molecule is [2H]C/C=C\C/C=C\C/C=C\C/C=C\C/C=C\C/C=C\CCC(=O)O. The Morgan fingerprint density at radius 3 is 1.52 bits per heavy atom. The molecule has 0 unspecified atom stereocenters. The first-order valence-corrected chi connectivity index (χ1v) is 8.18. The lowest BCUT2D eigenvalue weighted by molar-refractivity contribution is -0.136. The summed E-state index contributed by atoms with van der Waals surface area (Å²) in [5.41, 5.74) is 0. The quantitative estimate of drug-likeness (QED) is 0.413. The fraction of sp³-hybridized carbons (Fsp3) is 0.381. The summed E-state index contributed by atoms with van der Waals surface area (Å²) in [6.07, 6.45) is 30.3. The summed E-state index contributed by atoms with van der Waals surface area (Å²) in [5, 5.41) is 8.49. The summed E-state index contributed by atoms with van der Waals surface area (Å²) in [4.78, 5) is 10.3. The minimum atomic E-state index is -0.747. The van der Waals surface area contributed by atoms with E-state index in [-0.39, 0.29) is 6.42 Å². The van der Waals surface area contributed by atoms with Crippen LogP contribution >= 0.6 is 0 Å². The van der Waals surface area contributed by atoms with Crippen LogP contribution in [-0.4, -0.2) is 11.1 Å². The highest BCUT2D eigenvalue weighted by Gasteiger charge is 1.90. The smallest absolute Gasteiger partial charge is 0.303 e. The highest BCUT2D eigenvalue weighted by atomic mass is 16.4. The Morgan fingerprint density at radius 1 is 0.739 bits per heavy atom. The third-order valence-electron chi connectivity index (χ3n) is 2.89. The van der Waals surface area contributed by atoms with Crippen molar-refractivity contribution in [2.24, 2.45) is 0 Å². The van der Waals surface area contributed by atoms with Crippen molar-refractivity contribution in [3.05, 3.63) is 72.9 Å². The van der Waals surface area contributed by atoms with Gasteiger partial charge in [0.2, 0.25) is 0 Å². The van der Waals surface area contributed by atoms with Crippen LogP contribution in [0.15, 0.2) is 72.9 Å². The van der Waals surface area contributed by atoms with Gasteiger partial charge in [-0.1, -0.05) is 72.9 Å². The predicted octanol–water partition coefficient (Wildman–Crippen LogP) is 6.16. The number of hydrogen-bond donors (Lipinski definition) is 1. The van der Waals surface area contributed by atoms with Crippen LogP contribution in [0.25, 0.3) is 0 Å². The maximum absolute atomic E-state index is 10.3. The number of rotatable bonds is 13. The van der Waals surface area contributed by atoms with E-state index in [0.29, 0.717) is 13.3 Å². The number of allylic oxidation sites excluding steroid dienone is 12. The van der Waals surface area contributed by atoms with Gasteiger partial charge in [-0.15, -0.1) is 0 Å². The van der Waals surface area contributed by atoms with Gasteiger partial charge in [0, 0.05) is 7.79 Å². The summed E-state index contributed by atoms with van der Waals surface area (Å²) in [5.74, 6) is -0.747. The molecule has 0 saturated heterocycles. The van der Waals surface area contributed by atoms with Crippen molar-refractivity contribution < 1.29 is 11.3 Å². The first-order chi connectivity index (χ1) is 11.8. The topological polar surface area (TPSA) is 37.3 Å². The number of hydrogen-bond acceptors (Lipinski definition) is 1. The van der Waals surface area contributed by atoms with Gasteiger partial charge < -0.3 is 5.11 Å². The van der Waals surface area contributed by atoms with Crippen LogP contribution in [-0.2, 0) is 4.79 Å². The second-order valence-electron chi connectivity index (χ2n) is 4.94. The van der Waals surface area contributed by atoms with Gasteiger partial charge in [0.1, 0.15) is 0 Å². The molecule has 23 heavy (non-hydrogen) atoms. The van der Waals surface area contributed by atoms with Gasteiger partial charge in [0.05, 0.1) is 0 Å². The molecule has 0 aromatic heterocycles. The second kappa shape index (κ2) is 18.0. The second-order valence-corrected chi connectivity index (χ2v) is 4.94. The lowest BCUT2D eigenvalue weighted by Crippen LogP contribution is -1.91. The molecular formula is C21H30O2. The molecule has 0 heterocycles. The monoisotopic (exact) mass is 315 g/mol. The van der Waals surface area contributed by atoms with Gasteiger partial charge in [-0.05, 0) is 45.4 Å². The molecule has 0 radical (unpaired) electrons. The highest BCUT2D eigenvalue weighted by Crippen LogP contribution is 1.97. The average Bonchev–Trinajstić information content (AvgIpc) is 2.56. The van der Waals surface area contributed by atoms with E-state index in [4.69, 9.17) is 6.48 Å². The first kappa shape index (κ1) is 19.0. The van der Waals surface area contributed by atoms with Crippen LogP contribution in [0.3, 0.4) is 0 Å². The van der Waals surface area contributed by atoms with Crippen molar-refractivity contribution in [2.75, 3.05) is 0 Å². The fourth-order valence-corrected chi connectivity index (χ4v) is 1.68. The molecule has 0 aliphatic carbocycles. The van der Waals surface area contributed by atoms with Crippen molar-refractivity contribution in [2.45, 2.75) is 51.8 Å². The molecule has 2 nitrogen and oxygen atoms in total. The molecule has 2 heteroatoms. The van der Waals surface area contributed by atoms with E-state index in [9.17, 15) is 4.79 Å². The van der Waals surface area contributed by atoms with E-state index in [1.165, 1.54) is 0 Å². The lowest BCUT2D eigenvalue weighted by Gasteiger charge is -1.87. The zero-order chi connectivity index (χ0) is 17.7. The van der Waals surface area contributed by atoms with Crippen molar-refractivity contribution in [3.63, 3.8) is 0 Å². The van der Waals surface area contributed by atoms with Gasteiger partial charge in [-0.2, -0.15) is 0 Å². The van der Waals surface area contributed by atoms with Crippen molar-refractivity contribution >= 4 is 5.97 Å². The molecule has 0 aliphatic heterocycles. The Balaban J connectivity index is 3.51. The minimum Gasteiger partial charge on any atom is -0.481 e. The minimum absolute atomic E-state index is 0.204. The molecule has 0 rings (SSSR count). The Hall–Kier alpha value is -2.09. The molecule has 126 valence electrons. The van der Waals surface area contributed by atoms with Crippen LogP contribution in [0.5, 0.6) is 0 Å².